The minimum Gasteiger partial charge on any atom is -0.358 e. The summed E-state index contributed by atoms with van der Waals surface area (Å²) >= 11 is 0. The highest BCUT2D eigenvalue weighted by Gasteiger charge is 2.23. The van der Waals surface area contributed by atoms with E-state index in [1.807, 2.05) is 12.3 Å². The molecule has 4 nitrogen and oxygen atoms in total. The maximum atomic E-state index is 5.66. The smallest absolute Gasteiger partial charge is 0.131 e. The predicted octanol–water partition coefficient (Wildman–Crippen LogP) is 1.11. The van der Waals surface area contributed by atoms with Gasteiger partial charge in [0.15, 0.2) is 0 Å². The van der Waals surface area contributed by atoms with Crippen molar-refractivity contribution in [1.82, 2.24) is 9.88 Å². The summed E-state index contributed by atoms with van der Waals surface area (Å²) in [4.78, 5) is 9.24. The molecule has 2 rings (SSSR count). The third-order valence-corrected chi connectivity index (χ3v) is 3.80. The number of rotatable bonds is 5. The summed E-state index contributed by atoms with van der Waals surface area (Å²) in [6.07, 6.45) is 5.37. The van der Waals surface area contributed by atoms with Crippen LogP contribution < -0.4 is 10.6 Å². The number of anilines is 1. The topological polar surface area (TPSA) is 45.4 Å². The average Bonchev–Trinajstić information content (AvgIpc) is 2.76. The third-order valence-electron chi connectivity index (χ3n) is 3.80. The molecule has 0 saturated carbocycles. The number of pyridine rings is 1. The van der Waals surface area contributed by atoms with Crippen LogP contribution in [0.15, 0.2) is 18.3 Å². The quantitative estimate of drug-likeness (QED) is 0.848. The summed E-state index contributed by atoms with van der Waals surface area (Å²) in [5.41, 5.74) is 6.91. The van der Waals surface area contributed by atoms with Gasteiger partial charge in [0.05, 0.1) is 0 Å². The van der Waals surface area contributed by atoms with E-state index in [1.165, 1.54) is 24.9 Å². The van der Waals surface area contributed by atoms with Crippen LogP contribution in [-0.4, -0.2) is 49.7 Å². The first-order valence-electron chi connectivity index (χ1n) is 6.77. The van der Waals surface area contributed by atoms with E-state index in [9.17, 15) is 0 Å². The molecule has 0 radical (unpaired) electrons. The van der Waals surface area contributed by atoms with Crippen molar-refractivity contribution in [2.45, 2.75) is 25.3 Å². The Morgan fingerprint density at radius 1 is 1.56 bits per heavy atom. The van der Waals surface area contributed by atoms with Crippen molar-refractivity contribution >= 4 is 5.82 Å². The van der Waals surface area contributed by atoms with Crippen molar-refractivity contribution in [3.05, 3.63) is 23.9 Å². The fourth-order valence-electron chi connectivity index (χ4n) is 2.74. The molecule has 1 fully saturated rings. The van der Waals surface area contributed by atoms with Crippen molar-refractivity contribution in [2.75, 3.05) is 38.6 Å². The van der Waals surface area contributed by atoms with E-state index in [0.29, 0.717) is 12.6 Å². The highest BCUT2D eigenvalue weighted by atomic mass is 15.2. The molecule has 1 aliphatic rings. The summed E-state index contributed by atoms with van der Waals surface area (Å²) in [5.74, 6) is 1.09. The van der Waals surface area contributed by atoms with Gasteiger partial charge in [-0.25, -0.2) is 4.98 Å². The number of hydrogen-bond acceptors (Lipinski definition) is 4. The van der Waals surface area contributed by atoms with Gasteiger partial charge in [0.2, 0.25) is 0 Å². The Kier molecular flexibility index (Phi) is 4.55. The van der Waals surface area contributed by atoms with Crippen molar-refractivity contribution in [2.24, 2.45) is 5.73 Å². The van der Waals surface area contributed by atoms with E-state index >= 15 is 0 Å². The van der Waals surface area contributed by atoms with Crippen LogP contribution in [0.5, 0.6) is 0 Å². The van der Waals surface area contributed by atoms with Gasteiger partial charge in [0.25, 0.3) is 0 Å². The van der Waals surface area contributed by atoms with Crippen molar-refractivity contribution in [1.29, 1.82) is 0 Å². The van der Waals surface area contributed by atoms with Gasteiger partial charge >= 0.3 is 0 Å². The first-order valence-corrected chi connectivity index (χ1v) is 6.77. The van der Waals surface area contributed by atoms with Gasteiger partial charge in [-0.05, 0) is 51.0 Å². The minimum atomic E-state index is 0.655. The maximum Gasteiger partial charge on any atom is 0.131 e. The Morgan fingerprint density at radius 3 is 3.06 bits per heavy atom. The molecule has 18 heavy (non-hydrogen) atoms. The van der Waals surface area contributed by atoms with E-state index in [0.717, 1.165) is 18.8 Å². The van der Waals surface area contributed by atoms with Crippen LogP contribution in [0.3, 0.4) is 0 Å². The fourth-order valence-corrected chi connectivity index (χ4v) is 2.74. The molecule has 1 unspecified atom stereocenters. The van der Waals surface area contributed by atoms with Crippen LogP contribution >= 0.6 is 0 Å². The SMILES string of the molecule is CN(CC1CCCN1C)c1ncccc1CCN. The molecule has 1 saturated heterocycles. The molecule has 1 aromatic rings. The summed E-state index contributed by atoms with van der Waals surface area (Å²) in [6.45, 7) is 2.94. The lowest BCUT2D eigenvalue weighted by molar-refractivity contribution is 0.314. The lowest BCUT2D eigenvalue weighted by atomic mass is 10.1. The molecule has 0 spiro atoms. The summed E-state index contributed by atoms with van der Waals surface area (Å²) < 4.78 is 0. The van der Waals surface area contributed by atoms with Crippen molar-refractivity contribution in [3.8, 4) is 0 Å². The predicted molar refractivity (Wildman–Crippen MR) is 75.9 cm³/mol. The highest BCUT2D eigenvalue weighted by molar-refractivity contribution is 5.46. The van der Waals surface area contributed by atoms with Gasteiger partial charge in [-0.1, -0.05) is 6.07 Å². The summed E-state index contributed by atoms with van der Waals surface area (Å²) in [6, 6.07) is 4.77. The number of nitrogens with two attached hydrogens (primary N) is 1. The van der Waals surface area contributed by atoms with Crippen molar-refractivity contribution in [3.63, 3.8) is 0 Å². The van der Waals surface area contributed by atoms with Crippen LogP contribution in [0.1, 0.15) is 18.4 Å². The first-order chi connectivity index (χ1) is 8.72. The van der Waals surface area contributed by atoms with Crippen LogP contribution in [0.2, 0.25) is 0 Å². The van der Waals surface area contributed by atoms with Gasteiger partial charge in [0, 0.05) is 25.8 Å². The van der Waals surface area contributed by atoms with Crippen molar-refractivity contribution < 1.29 is 0 Å². The molecule has 0 amide bonds. The minimum absolute atomic E-state index is 0.655. The van der Waals surface area contributed by atoms with E-state index in [1.54, 1.807) is 0 Å². The van der Waals surface area contributed by atoms with Crippen LogP contribution in [0, 0.1) is 0 Å². The Morgan fingerprint density at radius 2 is 2.39 bits per heavy atom. The van der Waals surface area contributed by atoms with E-state index in [4.69, 9.17) is 5.73 Å². The molecule has 100 valence electrons. The molecule has 1 aliphatic heterocycles. The number of likely N-dealkylation sites (tertiary alicyclic amines) is 1. The van der Waals surface area contributed by atoms with Gasteiger partial charge in [-0.3, -0.25) is 0 Å². The molecule has 1 aromatic heterocycles. The lowest BCUT2D eigenvalue weighted by Crippen LogP contribution is -2.37. The van der Waals surface area contributed by atoms with Crippen LogP contribution in [0.4, 0.5) is 5.82 Å². The zero-order valence-corrected chi connectivity index (χ0v) is 11.5. The molecule has 0 aromatic carbocycles. The Balaban J connectivity index is 2.05. The number of aromatic nitrogens is 1. The van der Waals surface area contributed by atoms with Crippen LogP contribution in [-0.2, 0) is 6.42 Å². The maximum absolute atomic E-state index is 5.66. The second kappa shape index (κ2) is 6.16. The second-order valence-electron chi connectivity index (χ2n) is 5.18. The first kappa shape index (κ1) is 13.3. The van der Waals surface area contributed by atoms with Gasteiger partial charge in [-0.2, -0.15) is 0 Å². The molecule has 0 aliphatic carbocycles. The Bertz CT molecular complexity index is 380. The largest absolute Gasteiger partial charge is 0.358 e. The number of hydrogen-bond donors (Lipinski definition) is 1. The summed E-state index contributed by atoms with van der Waals surface area (Å²) in [5, 5.41) is 0. The Hall–Kier alpha value is -1.13. The van der Waals surface area contributed by atoms with Gasteiger partial charge < -0.3 is 15.5 Å². The average molecular weight is 248 g/mol. The molecular formula is C14H24N4. The molecular weight excluding hydrogens is 224 g/mol. The van der Waals surface area contributed by atoms with Crippen LogP contribution in [0.25, 0.3) is 0 Å². The molecule has 2 heterocycles. The fraction of sp³-hybridized carbons (Fsp3) is 0.643. The normalized spacial score (nSPS) is 20.3. The van der Waals surface area contributed by atoms with E-state index < -0.39 is 0 Å². The summed E-state index contributed by atoms with van der Waals surface area (Å²) in [7, 11) is 4.35. The molecule has 2 N–H and O–H groups in total. The second-order valence-corrected chi connectivity index (χ2v) is 5.18. The molecule has 0 bridgehead atoms. The van der Waals surface area contributed by atoms with Gasteiger partial charge in [-0.15, -0.1) is 0 Å². The zero-order valence-electron chi connectivity index (χ0n) is 11.5. The number of likely N-dealkylation sites (N-methyl/N-ethyl adjacent to an activating group) is 2. The third kappa shape index (κ3) is 3.00. The van der Waals surface area contributed by atoms with Gasteiger partial charge in [0.1, 0.15) is 5.82 Å². The van der Waals surface area contributed by atoms with E-state index in [2.05, 4.69) is 34.9 Å². The lowest BCUT2D eigenvalue weighted by Gasteiger charge is -2.27. The molecule has 1 atom stereocenters. The standard InChI is InChI=1S/C14H24N4/c1-17-10-4-6-13(17)11-18(2)14-12(7-8-15)5-3-9-16-14/h3,5,9,13H,4,6-8,10-11,15H2,1-2H3. The zero-order chi connectivity index (χ0) is 13.0. The highest BCUT2D eigenvalue weighted by Crippen LogP contribution is 2.20. The Labute approximate surface area is 110 Å². The number of nitrogens with zero attached hydrogens (tertiary/aromatic N) is 3. The monoisotopic (exact) mass is 248 g/mol. The van der Waals surface area contributed by atoms with E-state index in [-0.39, 0.29) is 0 Å². The molecule has 4 heteroatoms.